The molecule has 13 heteroatoms. The number of Topliss-reactive ketones (excluding diaryl/α,β-unsaturated/α-hetero) is 1. The Hall–Kier alpha value is -2.70. The second-order valence-electron chi connectivity index (χ2n) is 19.1. The topological polar surface area (TPSA) is 171 Å². The molecule has 5 fully saturated rings. The Kier molecular flexibility index (Phi) is 11.8. The van der Waals surface area contributed by atoms with Crippen molar-refractivity contribution in [2.75, 3.05) is 12.3 Å². The number of hydrogen-bond donors (Lipinski definition) is 4. The van der Waals surface area contributed by atoms with Crippen molar-refractivity contribution in [2.24, 2.45) is 22.7 Å². The van der Waals surface area contributed by atoms with Gasteiger partial charge in [0, 0.05) is 12.6 Å². The number of nitrogens with one attached hydrogen (secondary N) is 4. The largest absolute Gasteiger partial charge is 0.347 e. The monoisotopic (exact) mass is 747 g/mol. The van der Waals surface area contributed by atoms with Crippen molar-refractivity contribution in [3.63, 3.8) is 0 Å². The number of carbonyl (C=O) groups excluding carboxylic acids is 5. The predicted octanol–water partition coefficient (Wildman–Crippen LogP) is 4.55. The first-order chi connectivity index (χ1) is 24.2. The van der Waals surface area contributed by atoms with E-state index in [0.717, 1.165) is 57.8 Å². The first kappa shape index (κ1) is 40.5. The molecule has 2 saturated heterocycles. The van der Waals surface area contributed by atoms with E-state index in [1.807, 2.05) is 0 Å². The number of nitrogens with zero attached hydrogens (tertiary/aromatic N) is 1. The minimum Gasteiger partial charge on any atom is -0.347 e. The maximum absolute atomic E-state index is 14.5. The molecule has 294 valence electrons. The average Bonchev–Trinajstić information content (AvgIpc) is 3.89. The van der Waals surface area contributed by atoms with Gasteiger partial charge in [-0.25, -0.2) is 13.2 Å². The third-order valence-electron chi connectivity index (χ3n) is 13.0. The Labute approximate surface area is 311 Å². The second kappa shape index (κ2) is 15.2. The van der Waals surface area contributed by atoms with E-state index in [1.165, 1.54) is 0 Å². The zero-order valence-corrected chi connectivity index (χ0v) is 33.5. The van der Waals surface area contributed by atoms with E-state index in [4.69, 9.17) is 0 Å². The van der Waals surface area contributed by atoms with Gasteiger partial charge >= 0.3 is 6.03 Å². The van der Waals surface area contributed by atoms with E-state index in [2.05, 4.69) is 49.0 Å². The number of fused-ring (bicyclic) bond motifs is 3. The molecule has 2 aliphatic heterocycles. The third kappa shape index (κ3) is 9.32. The lowest BCUT2D eigenvalue weighted by atomic mass is 9.70. The summed E-state index contributed by atoms with van der Waals surface area (Å²) in [4.78, 5) is 70.4. The molecule has 5 aliphatic rings. The van der Waals surface area contributed by atoms with E-state index >= 15 is 0 Å². The van der Waals surface area contributed by atoms with Gasteiger partial charge in [-0.05, 0) is 94.8 Å². The minimum atomic E-state index is -3.58. The number of urea groups is 1. The van der Waals surface area contributed by atoms with Crippen molar-refractivity contribution in [3.05, 3.63) is 0 Å². The van der Waals surface area contributed by atoms with Crippen LogP contribution in [0.25, 0.3) is 0 Å². The summed E-state index contributed by atoms with van der Waals surface area (Å²) in [6.45, 7) is 13.9. The maximum atomic E-state index is 14.5. The number of ketones is 1. The summed E-state index contributed by atoms with van der Waals surface area (Å²) in [6, 6.07) is -3.29. The van der Waals surface area contributed by atoms with E-state index in [-0.39, 0.29) is 40.4 Å². The van der Waals surface area contributed by atoms with Crippen LogP contribution in [0.3, 0.4) is 0 Å². The number of hydrogen-bond acceptors (Lipinski definition) is 7. The van der Waals surface area contributed by atoms with E-state index in [0.29, 0.717) is 45.1 Å². The van der Waals surface area contributed by atoms with Gasteiger partial charge in [-0.1, -0.05) is 72.6 Å². The van der Waals surface area contributed by atoms with Crippen LogP contribution in [0.15, 0.2) is 0 Å². The summed E-state index contributed by atoms with van der Waals surface area (Å²) in [5, 5.41) is 11.7. The van der Waals surface area contributed by atoms with Gasteiger partial charge in [-0.3, -0.25) is 19.2 Å². The van der Waals surface area contributed by atoms with Crippen molar-refractivity contribution in [1.29, 1.82) is 0 Å². The van der Waals surface area contributed by atoms with Gasteiger partial charge < -0.3 is 26.2 Å². The molecule has 0 aromatic carbocycles. The second-order valence-corrected chi connectivity index (χ2v) is 21.8. The molecule has 0 aromatic rings. The standard InChI is InChI=1S/C39H65N5O7S/c1-36(2,3)52(50,51)24-39(21-19-37(4,5)20-22-39)43-35(49)42-28-16-14-12-10-8-9-11-13-15-27(31(45)33(47)40-25-17-18-25)41-32(46)30-29-26(38(29,6)7)23-44(30)34(28)48/h25-30H,8-24H2,1-7H3,(H,40,47)(H,41,46)(H2,42,43,49)/t26-,27+,28+,29-,30-/m0/s1. The highest BCUT2D eigenvalue weighted by molar-refractivity contribution is 7.92. The molecule has 5 rings (SSSR count). The molecular formula is C39H65N5O7S. The third-order valence-corrected chi connectivity index (χ3v) is 15.8. The Morgan fingerprint density at radius 3 is 1.98 bits per heavy atom. The predicted molar refractivity (Wildman–Crippen MR) is 200 cm³/mol. The summed E-state index contributed by atoms with van der Waals surface area (Å²) in [6.07, 6.45) is 11.0. The molecule has 0 unspecified atom stereocenters. The summed E-state index contributed by atoms with van der Waals surface area (Å²) < 4.78 is 26.0. The molecule has 12 nitrogen and oxygen atoms in total. The zero-order valence-electron chi connectivity index (χ0n) is 32.7. The quantitative estimate of drug-likeness (QED) is 0.277. The number of amides is 5. The van der Waals surface area contributed by atoms with Crippen LogP contribution < -0.4 is 21.3 Å². The first-order valence-electron chi connectivity index (χ1n) is 19.9. The van der Waals surface area contributed by atoms with Crippen molar-refractivity contribution < 1.29 is 32.4 Å². The molecule has 0 spiro atoms. The van der Waals surface area contributed by atoms with Crippen molar-refractivity contribution >= 4 is 39.4 Å². The minimum absolute atomic E-state index is 0.0127. The molecular weight excluding hydrogens is 683 g/mol. The van der Waals surface area contributed by atoms with E-state index < -0.39 is 61.9 Å². The van der Waals surface area contributed by atoms with Gasteiger partial charge in [0.15, 0.2) is 9.84 Å². The molecule has 0 bridgehead atoms. The number of carbonyl (C=O) groups is 5. The fraction of sp³-hybridized carbons (Fsp3) is 0.872. The molecule has 3 saturated carbocycles. The molecule has 0 radical (unpaired) electrons. The summed E-state index contributed by atoms with van der Waals surface area (Å²) in [7, 11) is -3.58. The smallest absolute Gasteiger partial charge is 0.315 e. The molecule has 2 heterocycles. The van der Waals surface area contributed by atoms with Gasteiger partial charge in [0.25, 0.3) is 5.91 Å². The lowest BCUT2D eigenvalue weighted by molar-refractivity contribution is -0.144. The molecule has 5 atom stereocenters. The van der Waals surface area contributed by atoms with Crippen molar-refractivity contribution in [2.45, 2.75) is 179 Å². The normalized spacial score (nSPS) is 31.0. The van der Waals surface area contributed by atoms with Crippen molar-refractivity contribution in [1.82, 2.24) is 26.2 Å². The Morgan fingerprint density at radius 2 is 1.40 bits per heavy atom. The van der Waals surface area contributed by atoms with Crippen LogP contribution in [0.2, 0.25) is 0 Å². The van der Waals surface area contributed by atoms with Gasteiger partial charge in [0.05, 0.1) is 22.1 Å². The highest BCUT2D eigenvalue weighted by Crippen LogP contribution is 2.65. The molecule has 0 aromatic heterocycles. The summed E-state index contributed by atoms with van der Waals surface area (Å²) in [5.74, 6) is -2.30. The lowest BCUT2D eigenvalue weighted by Crippen LogP contribution is -2.62. The fourth-order valence-corrected chi connectivity index (χ4v) is 10.3. The Balaban J connectivity index is 1.37. The van der Waals surface area contributed by atoms with E-state index in [1.54, 1.807) is 25.7 Å². The van der Waals surface area contributed by atoms with Crippen LogP contribution in [0.4, 0.5) is 4.79 Å². The highest BCUT2D eigenvalue weighted by Gasteiger charge is 2.69. The van der Waals surface area contributed by atoms with Crippen LogP contribution >= 0.6 is 0 Å². The molecule has 3 aliphatic carbocycles. The van der Waals surface area contributed by atoms with Crippen LogP contribution in [-0.2, 0) is 29.0 Å². The number of piperidine rings is 1. The number of sulfone groups is 1. The zero-order chi connectivity index (χ0) is 38.3. The summed E-state index contributed by atoms with van der Waals surface area (Å²) >= 11 is 0. The maximum Gasteiger partial charge on any atom is 0.315 e. The van der Waals surface area contributed by atoms with Crippen LogP contribution in [0, 0.1) is 22.7 Å². The number of rotatable bonds is 7. The van der Waals surface area contributed by atoms with Gasteiger partial charge in [0.2, 0.25) is 17.6 Å². The Morgan fingerprint density at radius 1 is 0.827 bits per heavy atom. The fourth-order valence-electron chi connectivity index (χ4n) is 8.75. The van der Waals surface area contributed by atoms with Crippen LogP contribution in [-0.4, -0.2) is 89.6 Å². The van der Waals surface area contributed by atoms with Gasteiger partial charge in [-0.15, -0.1) is 0 Å². The van der Waals surface area contributed by atoms with Crippen LogP contribution in [0.5, 0.6) is 0 Å². The molecule has 52 heavy (non-hydrogen) atoms. The van der Waals surface area contributed by atoms with Gasteiger partial charge in [0.1, 0.15) is 12.1 Å². The highest BCUT2D eigenvalue weighted by atomic mass is 32.2. The van der Waals surface area contributed by atoms with Crippen molar-refractivity contribution in [3.8, 4) is 0 Å². The van der Waals surface area contributed by atoms with Gasteiger partial charge in [-0.2, -0.15) is 0 Å². The Bertz CT molecular complexity index is 1490. The lowest BCUT2D eigenvalue weighted by Gasteiger charge is -2.45. The van der Waals surface area contributed by atoms with E-state index in [9.17, 15) is 32.4 Å². The average molecular weight is 748 g/mol. The molecule has 4 N–H and O–H groups in total. The SMILES string of the molecule is CC1(C)CCC(CS(=O)(=O)C(C)(C)C)(NC(=O)N[C@@H]2CCCCCCCCC[C@H](C(=O)C(=O)NC3CC3)NC(=O)[C@@H]3[C@@H]4[C@H](CN3C2=O)C4(C)C)CC1. The molecule has 5 amide bonds. The first-order valence-corrected chi connectivity index (χ1v) is 21.6. The summed E-state index contributed by atoms with van der Waals surface area (Å²) in [5.41, 5.74) is -1.12. The van der Waals surface area contributed by atoms with Crippen LogP contribution in [0.1, 0.15) is 145 Å².